The largest absolute Gasteiger partial charge is 0.449 e. The van der Waals surface area contributed by atoms with E-state index in [4.69, 9.17) is 9.26 Å². The summed E-state index contributed by atoms with van der Waals surface area (Å²) >= 11 is 0. The second-order valence-corrected chi connectivity index (χ2v) is 8.04. The van der Waals surface area contributed by atoms with E-state index < -0.39 is 11.4 Å². The lowest BCUT2D eigenvalue weighted by molar-refractivity contribution is -0.119. The van der Waals surface area contributed by atoms with Crippen molar-refractivity contribution in [3.05, 3.63) is 40.6 Å². The SMILES string of the molecule is CCCCCCOC(=O)N1CCN(c2ccc(-c3cn(CNC(C)=O)oc3=O)cc2F)CC1. The van der Waals surface area contributed by atoms with E-state index in [-0.39, 0.29) is 24.2 Å². The van der Waals surface area contributed by atoms with Gasteiger partial charge in [-0.15, -0.1) is 0 Å². The number of nitrogens with zero attached hydrogens (tertiary/aromatic N) is 3. The Morgan fingerprint density at radius 2 is 1.91 bits per heavy atom. The lowest BCUT2D eigenvalue weighted by atomic mass is 10.1. The number of hydrogen-bond donors (Lipinski definition) is 1. The van der Waals surface area contributed by atoms with E-state index >= 15 is 0 Å². The van der Waals surface area contributed by atoms with Crippen molar-refractivity contribution in [3.63, 3.8) is 0 Å². The van der Waals surface area contributed by atoms with Crippen LogP contribution in [0.1, 0.15) is 39.5 Å². The monoisotopic (exact) mass is 462 g/mol. The molecule has 33 heavy (non-hydrogen) atoms. The number of anilines is 1. The highest BCUT2D eigenvalue weighted by Crippen LogP contribution is 2.26. The molecule has 1 fully saturated rings. The average molecular weight is 463 g/mol. The number of halogens is 1. The Bertz CT molecular complexity index is 1010. The Kier molecular flexibility index (Phi) is 8.51. The molecule has 1 aromatic carbocycles. The number of unbranched alkanes of at least 4 members (excludes halogenated alkanes) is 3. The molecule has 0 radical (unpaired) electrons. The van der Waals surface area contributed by atoms with Gasteiger partial charge >= 0.3 is 11.7 Å². The van der Waals surface area contributed by atoms with E-state index in [1.54, 1.807) is 17.0 Å². The quantitative estimate of drug-likeness (QED) is 0.575. The third kappa shape index (κ3) is 6.59. The zero-order valence-electron chi connectivity index (χ0n) is 19.1. The van der Waals surface area contributed by atoms with Gasteiger partial charge in [0.05, 0.1) is 24.1 Å². The molecule has 0 unspecified atom stereocenters. The van der Waals surface area contributed by atoms with Gasteiger partial charge in [-0.1, -0.05) is 32.3 Å². The van der Waals surface area contributed by atoms with Crippen LogP contribution in [0.5, 0.6) is 0 Å². The number of carbonyl (C=O) groups excluding carboxylic acids is 2. The third-order valence-corrected chi connectivity index (χ3v) is 5.54. The number of hydrogen-bond acceptors (Lipinski definition) is 6. The number of piperazine rings is 1. The molecular formula is C23H31FN4O5. The van der Waals surface area contributed by atoms with Crippen LogP contribution >= 0.6 is 0 Å². The van der Waals surface area contributed by atoms with Crippen molar-refractivity contribution in [1.82, 2.24) is 15.0 Å². The predicted molar refractivity (Wildman–Crippen MR) is 121 cm³/mol. The van der Waals surface area contributed by atoms with E-state index in [0.29, 0.717) is 44.0 Å². The standard InChI is InChI=1S/C23H31FN4O5/c1-3-4-5-6-13-32-23(31)27-11-9-26(10-12-27)21-8-7-18(14-20(21)24)19-15-28(33-22(19)30)16-25-17(2)29/h7-8,14-15H,3-6,9-13,16H2,1-2H3,(H,25,29). The maximum absolute atomic E-state index is 14.9. The van der Waals surface area contributed by atoms with Crippen molar-refractivity contribution in [2.24, 2.45) is 0 Å². The van der Waals surface area contributed by atoms with Crippen molar-refractivity contribution in [2.75, 3.05) is 37.7 Å². The fraction of sp³-hybridized carbons (Fsp3) is 0.522. The van der Waals surface area contributed by atoms with Crippen molar-refractivity contribution < 1.29 is 23.2 Å². The normalized spacial score (nSPS) is 13.8. The molecule has 2 amide bonds. The van der Waals surface area contributed by atoms with Crippen molar-refractivity contribution in [3.8, 4) is 11.1 Å². The molecule has 1 N–H and O–H groups in total. The van der Waals surface area contributed by atoms with Gasteiger partial charge in [-0.05, 0) is 24.1 Å². The number of rotatable bonds is 9. The van der Waals surface area contributed by atoms with Crippen LogP contribution in [0.3, 0.4) is 0 Å². The smallest absolute Gasteiger partial charge is 0.409 e. The van der Waals surface area contributed by atoms with Gasteiger partial charge in [0.1, 0.15) is 12.5 Å². The first-order chi connectivity index (χ1) is 15.9. The lowest BCUT2D eigenvalue weighted by Crippen LogP contribution is -2.49. The van der Waals surface area contributed by atoms with Crippen LogP contribution in [0, 0.1) is 5.82 Å². The Hall–Kier alpha value is -3.30. The zero-order chi connectivity index (χ0) is 23.8. The molecule has 1 aliphatic rings. The molecule has 2 heterocycles. The molecule has 3 rings (SSSR count). The molecule has 2 aromatic rings. The number of ether oxygens (including phenoxy) is 1. The summed E-state index contributed by atoms with van der Waals surface area (Å²) in [6.07, 6.45) is 5.29. The van der Waals surface area contributed by atoms with Gasteiger partial charge in [-0.2, -0.15) is 4.74 Å². The van der Waals surface area contributed by atoms with Gasteiger partial charge in [-0.25, -0.2) is 14.0 Å². The maximum Gasteiger partial charge on any atom is 0.409 e. The van der Waals surface area contributed by atoms with Gasteiger partial charge in [0.2, 0.25) is 5.91 Å². The van der Waals surface area contributed by atoms with Gasteiger partial charge in [0, 0.05) is 33.1 Å². The summed E-state index contributed by atoms with van der Waals surface area (Å²) < 4.78 is 26.5. The van der Waals surface area contributed by atoms with Crippen LogP contribution in [0.2, 0.25) is 0 Å². The van der Waals surface area contributed by atoms with E-state index in [1.165, 1.54) is 23.9 Å². The first-order valence-corrected chi connectivity index (χ1v) is 11.3. The Morgan fingerprint density at radius 3 is 2.58 bits per heavy atom. The minimum absolute atomic E-state index is 0.0105. The summed E-state index contributed by atoms with van der Waals surface area (Å²) in [4.78, 5) is 38.9. The lowest BCUT2D eigenvalue weighted by Gasteiger charge is -2.35. The van der Waals surface area contributed by atoms with Crippen molar-refractivity contribution >= 4 is 17.7 Å². The highest BCUT2D eigenvalue weighted by atomic mass is 19.1. The second-order valence-electron chi connectivity index (χ2n) is 8.04. The van der Waals surface area contributed by atoms with Crippen LogP contribution in [0.4, 0.5) is 14.9 Å². The van der Waals surface area contributed by atoms with Gasteiger partial charge < -0.3 is 24.4 Å². The third-order valence-electron chi connectivity index (χ3n) is 5.54. The first-order valence-electron chi connectivity index (χ1n) is 11.3. The molecule has 0 aliphatic carbocycles. The molecule has 180 valence electrons. The fourth-order valence-electron chi connectivity index (χ4n) is 3.68. The Morgan fingerprint density at radius 1 is 1.15 bits per heavy atom. The van der Waals surface area contributed by atoms with Crippen LogP contribution in [-0.4, -0.2) is 54.4 Å². The molecule has 0 bridgehead atoms. The minimum Gasteiger partial charge on any atom is -0.449 e. The number of carbonyl (C=O) groups is 2. The van der Waals surface area contributed by atoms with E-state index in [0.717, 1.165) is 25.7 Å². The van der Waals surface area contributed by atoms with E-state index in [2.05, 4.69) is 12.2 Å². The summed E-state index contributed by atoms with van der Waals surface area (Å²) in [6, 6.07) is 4.57. The van der Waals surface area contributed by atoms with Crippen molar-refractivity contribution in [1.29, 1.82) is 0 Å². The minimum atomic E-state index is -0.616. The summed E-state index contributed by atoms with van der Waals surface area (Å²) in [6.45, 7) is 5.79. The van der Waals surface area contributed by atoms with Crippen LogP contribution in [0.25, 0.3) is 11.1 Å². The molecule has 1 saturated heterocycles. The molecule has 10 heteroatoms. The number of amides is 2. The van der Waals surface area contributed by atoms with E-state index in [9.17, 15) is 18.8 Å². The zero-order valence-corrected chi connectivity index (χ0v) is 19.1. The van der Waals surface area contributed by atoms with Crippen LogP contribution < -0.4 is 15.8 Å². The number of benzene rings is 1. The van der Waals surface area contributed by atoms with Crippen LogP contribution in [0.15, 0.2) is 33.7 Å². The summed E-state index contributed by atoms with van der Waals surface area (Å²) in [7, 11) is 0. The predicted octanol–water partition coefficient (Wildman–Crippen LogP) is 3.18. The number of nitrogens with one attached hydrogen (secondary N) is 1. The van der Waals surface area contributed by atoms with Gasteiger partial charge in [-0.3, -0.25) is 4.79 Å². The van der Waals surface area contributed by atoms with Crippen molar-refractivity contribution in [2.45, 2.75) is 46.2 Å². The molecule has 1 aliphatic heterocycles. The Labute approximate surface area is 192 Å². The summed E-state index contributed by atoms with van der Waals surface area (Å²) in [5.41, 5.74) is 0.386. The molecule has 0 spiro atoms. The topological polar surface area (TPSA) is 97.0 Å². The molecular weight excluding hydrogens is 431 g/mol. The highest BCUT2D eigenvalue weighted by Gasteiger charge is 2.24. The average Bonchev–Trinajstić information content (AvgIpc) is 3.18. The van der Waals surface area contributed by atoms with Gasteiger partial charge in [0.25, 0.3) is 0 Å². The maximum atomic E-state index is 14.9. The summed E-state index contributed by atoms with van der Waals surface area (Å²) in [5.74, 6) is -0.725. The summed E-state index contributed by atoms with van der Waals surface area (Å²) in [5, 5.41) is 2.52. The van der Waals surface area contributed by atoms with Gasteiger partial charge in [0.15, 0.2) is 0 Å². The fourth-order valence-corrected chi connectivity index (χ4v) is 3.68. The molecule has 0 saturated carbocycles. The number of aromatic nitrogens is 1. The van der Waals surface area contributed by atoms with E-state index in [1.807, 2.05) is 4.90 Å². The molecule has 0 atom stereocenters. The first kappa shape index (κ1) is 24.3. The molecule has 1 aromatic heterocycles. The molecule has 9 nitrogen and oxygen atoms in total. The highest BCUT2D eigenvalue weighted by molar-refractivity contribution is 5.72. The second kappa shape index (κ2) is 11.5. The van der Waals surface area contributed by atoms with Crippen LogP contribution in [-0.2, 0) is 16.2 Å². The Balaban J connectivity index is 1.56.